The molecule has 4 amide bonds. The van der Waals surface area contributed by atoms with E-state index in [1.165, 1.54) is 0 Å². The summed E-state index contributed by atoms with van der Waals surface area (Å²) in [4.78, 5) is 66.9. The molecule has 0 heterocycles. The van der Waals surface area contributed by atoms with Crippen LogP contribution in [0.5, 0.6) is 0 Å². The number of aliphatic carboxylic acids is 1. The number of hydrogen-bond donors (Lipinski definition) is 6. The average molecular weight is 678 g/mol. The molecule has 1 saturated carbocycles. The van der Waals surface area contributed by atoms with E-state index < -0.39 is 65.7 Å². The van der Waals surface area contributed by atoms with Gasteiger partial charge in [0.1, 0.15) is 24.2 Å². The van der Waals surface area contributed by atoms with Crippen LogP contribution in [-0.4, -0.2) is 64.9 Å². The maximum Gasteiger partial charge on any atom is 0.326 e. The van der Waals surface area contributed by atoms with Crippen LogP contribution in [0, 0.1) is 5.92 Å². The molecule has 1 aliphatic carbocycles. The highest BCUT2D eigenvalue weighted by molar-refractivity contribution is 5.96. The predicted octanol–water partition coefficient (Wildman–Crippen LogP) is 4.15. The summed E-state index contributed by atoms with van der Waals surface area (Å²) in [7, 11) is 0. The molecular weight excluding hydrogens is 622 g/mol. The van der Waals surface area contributed by atoms with Crippen LogP contribution in [0.25, 0.3) is 0 Å². The van der Waals surface area contributed by atoms with Crippen LogP contribution < -0.4 is 27.0 Å². The Balaban J connectivity index is 1.96. The van der Waals surface area contributed by atoms with Gasteiger partial charge >= 0.3 is 5.97 Å². The van der Waals surface area contributed by atoms with Gasteiger partial charge in [-0.3, -0.25) is 19.2 Å². The first-order valence-electron chi connectivity index (χ1n) is 17.9. The molecule has 0 radical (unpaired) electrons. The summed E-state index contributed by atoms with van der Waals surface area (Å²) in [6, 6.07) is 13.6. The van der Waals surface area contributed by atoms with Crippen LogP contribution in [0.4, 0.5) is 0 Å². The second kappa shape index (κ2) is 20.3. The van der Waals surface area contributed by atoms with E-state index in [9.17, 15) is 29.1 Å². The van der Waals surface area contributed by atoms with Crippen LogP contribution in [0.3, 0.4) is 0 Å². The molecule has 11 nitrogen and oxygen atoms in total. The number of hydrogen-bond acceptors (Lipinski definition) is 6. The number of amides is 4. The topological polar surface area (TPSA) is 180 Å². The Morgan fingerprint density at radius 3 is 1.61 bits per heavy atom. The molecule has 0 spiro atoms. The highest BCUT2D eigenvalue weighted by Gasteiger charge is 2.37. The van der Waals surface area contributed by atoms with Gasteiger partial charge in [-0.1, -0.05) is 126 Å². The summed E-state index contributed by atoms with van der Waals surface area (Å²) >= 11 is 0. The zero-order chi connectivity index (χ0) is 35.8. The van der Waals surface area contributed by atoms with Crippen molar-refractivity contribution < 1.29 is 29.1 Å². The number of carbonyl (C=O) groups is 5. The molecule has 0 aromatic heterocycles. The summed E-state index contributed by atoms with van der Waals surface area (Å²) in [5, 5.41) is 21.2. The minimum atomic E-state index is -1.20. The van der Waals surface area contributed by atoms with Crippen molar-refractivity contribution in [2.45, 2.75) is 128 Å². The zero-order valence-electron chi connectivity index (χ0n) is 29.2. The van der Waals surface area contributed by atoms with E-state index in [0.717, 1.165) is 43.2 Å². The molecule has 0 saturated heterocycles. The predicted molar refractivity (Wildman–Crippen MR) is 189 cm³/mol. The van der Waals surface area contributed by atoms with Crippen molar-refractivity contribution >= 4 is 29.6 Å². The quantitative estimate of drug-likeness (QED) is 0.129. The van der Waals surface area contributed by atoms with Crippen LogP contribution >= 0.6 is 0 Å². The number of nitrogens with two attached hydrogens (primary N) is 1. The Kier molecular flexibility index (Phi) is 16.2. The third kappa shape index (κ3) is 12.0. The number of nitrogens with one attached hydrogen (secondary N) is 4. The molecule has 2 aromatic rings. The fourth-order valence-corrected chi connectivity index (χ4v) is 6.54. The molecule has 5 atom stereocenters. The maximum absolute atomic E-state index is 14.4. The van der Waals surface area contributed by atoms with Crippen molar-refractivity contribution in [3.63, 3.8) is 0 Å². The highest BCUT2D eigenvalue weighted by Crippen LogP contribution is 2.29. The van der Waals surface area contributed by atoms with Gasteiger partial charge in [0.05, 0.1) is 6.04 Å². The summed E-state index contributed by atoms with van der Waals surface area (Å²) < 4.78 is 0. The molecule has 11 heteroatoms. The number of benzene rings is 2. The number of carboxylic acids is 1. The van der Waals surface area contributed by atoms with E-state index in [1.54, 1.807) is 6.92 Å². The van der Waals surface area contributed by atoms with Crippen LogP contribution in [-0.2, 0) is 24.0 Å². The van der Waals surface area contributed by atoms with Gasteiger partial charge in [0, 0.05) is 5.92 Å². The number of rotatable bonds is 19. The second-order valence-corrected chi connectivity index (χ2v) is 13.1. The van der Waals surface area contributed by atoms with Crippen LogP contribution in [0.1, 0.15) is 108 Å². The summed E-state index contributed by atoms with van der Waals surface area (Å²) in [5.41, 5.74) is 7.46. The van der Waals surface area contributed by atoms with E-state index in [4.69, 9.17) is 5.73 Å². The lowest BCUT2D eigenvalue weighted by Crippen LogP contribution is -2.59. The van der Waals surface area contributed by atoms with Crippen molar-refractivity contribution in [3.05, 3.63) is 71.8 Å². The van der Waals surface area contributed by atoms with Crippen molar-refractivity contribution in [2.75, 3.05) is 0 Å². The van der Waals surface area contributed by atoms with Crippen LogP contribution in [0.2, 0.25) is 0 Å². The fraction of sp³-hybridized carbons (Fsp3) is 0.553. The molecule has 3 rings (SSSR count). The van der Waals surface area contributed by atoms with Crippen LogP contribution in [0.15, 0.2) is 60.7 Å². The third-order valence-corrected chi connectivity index (χ3v) is 9.34. The van der Waals surface area contributed by atoms with E-state index in [-0.39, 0.29) is 12.3 Å². The van der Waals surface area contributed by atoms with Gasteiger partial charge in [0.25, 0.3) is 0 Å². The van der Waals surface area contributed by atoms with Gasteiger partial charge in [0.2, 0.25) is 23.6 Å². The van der Waals surface area contributed by atoms with Gasteiger partial charge in [0.15, 0.2) is 0 Å². The molecule has 1 aliphatic rings. The number of carboxylic acid groups (broad SMARTS) is 1. The first-order chi connectivity index (χ1) is 23.6. The zero-order valence-corrected chi connectivity index (χ0v) is 29.2. The standard InChI is InChI=1S/C38H55N5O6/c1-4-16-29(35(45)42-31(38(48)49)24-25-18-10-7-11-19-25)41-37(47)33(43-36(46)30(17-5-2)40-34(44)28(39)6-3)32(26-20-12-8-13-21-26)27-22-14-9-15-23-27/h8-9,12-15,20-23,25,28-33H,4-7,10-11,16-19,24,39H2,1-3H3,(H,40,44)(H,41,47)(H,42,45)(H,43,46)(H,48,49). The Bertz CT molecular complexity index is 1310. The largest absolute Gasteiger partial charge is 0.480 e. The van der Waals surface area contributed by atoms with Crippen molar-refractivity contribution in [1.82, 2.24) is 21.3 Å². The smallest absolute Gasteiger partial charge is 0.326 e. The van der Waals surface area contributed by atoms with Gasteiger partial charge in [-0.25, -0.2) is 4.79 Å². The Labute approximate surface area is 290 Å². The van der Waals surface area contributed by atoms with E-state index in [0.29, 0.717) is 32.1 Å². The first kappa shape index (κ1) is 39.2. The minimum absolute atomic E-state index is 0.217. The normalized spacial score (nSPS) is 16.4. The SMILES string of the molecule is CCCC(NC(=O)C(N)CC)C(=O)NC(C(=O)NC(CCC)C(=O)NC(CC1CCCCC1)C(=O)O)C(c1ccccc1)c1ccccc1. The molecule has 2 aromatic carbocycles. The summed E-state index contributed by atoms with van der Waals surface area (Å²) in [6.07, 6.45) is 7.53. The maximum atomic E-state index is 14.4. The van der Waals surface area contributed by atoms with Crippen molar-refractivity contribution in [1.29, 1.82) is 0 Å². The molecule has 268 valence electrons. The summed E-state index contributed by atoms with van der Waals surface area (Å²) in [5.74, 6) is -3.74. The molecule has 49 heavy (non-hydrogen) atoms. The molecule has 1 fully saturated rings. The molecule has 7 N–H and O–H groups in total. The van der Waals surface area contributed by atoms with Crippen molar-refractivity contribution in [2.24, 2.45) is 11.7 Å². The second-order valence-electron chi connectivity index (χ2n) is 13.1. The molecular formula is C38H55N5O6. The lowest BCUT2D eigenvalue weighted by Gasteiger charge is -2.32. The third-order valence-electron chi connectivity index (χ3n) is 9.34. The first-order valence-corrected chi connectivity index (χ1v) is 17.9. The highest BCUT2D eigenvalue weighted by atomic mass is 16.4. The van der Waals surface area contributed by atoms with Gasteiger partial charge in [-0.15, -0.1) is 0 Å². The number of carbonyl (C=O) groups excluding carboxylic acids is 4. The van der Waals surface area contributed by atoms with Gasteiger partial charge < -0.3 is 32.1 Å². The van der Waals surface area contributed by atoms with E-state index in [1.807, 2.05) is 74.5 Å². The molecule has 0 bridgehead atoms. The lowest BCUT2D eigenvalue weighted by atomic mass is 9.84. The van der Waals surface area contributed by atoms with Crippen molar-refractivity contribution in [3.8, 4) is 0 Å². The monoisotopic (exact) mass is 677 g/mol. The Hall–Kier alpha value is -4.25. The fourth-order valence-electron chi connectivity index (χ4n) is 6.54. The average Bonchev–Trinajstić information content (AvgIpc) is 3.11. The van der Waals surface area contributed by atoms with Gasteiger partial charge in [-0.05, 0) is 42.7 Å². The van der Waals surface area contributed by atoms with E-state index in [2.05, 4.69) is 21.3 Å². The molecule has 5 unspecified atom stereocenters. The molecule has 0 aliphatic heterocycles. The summed E-state index contributed by atoms with van der Waals surface area (Å²) in [6.45, 7) is 5.54. The Morgan fingerprint density at radius 2 is 1.14 bits per heavy atom. The Morgan fingerprint density at radius 1 is 0.673 bits per heavy atom. The minimum Gasteiger partial charge on any atom is -0.480 e. The van der Waals surface area contributed by atoms with Gasteiger partial charge in [-0.2, -0.15) is 0 Å². The van der Waals surface area contributed by atoms with E-state index >= 15 is 0 Å². The lowest BCUT2D eigenvalue weighted by molar-refractivity contribution is -0.143.